The molecule has 88 valence electrons. The summed E-state index contributed by atoms with van der Waals surface area (Å²) in [6.07, 6.45) is 2.38. The van der Waals surface area contributed by atoms with Gasteiger partial charge in [-0.25, -0.2) is 0 Å². The minimum absolute atomic E-state index is 0.267. The Morgan fingerprint density at radius 3 is 2.38 bits per heavy atom. The van der Waals surface area contributed by atoms with Crippen molar-refractivity contribution in [1.29, 1.82) is 0 Å². The SMILES string of the molecule is CC(C)C1(c2ccccc2Cl)CCNCC1. The Labute approximate surface area is 103 Å². The Kier molecular flexibility index (Phi) is 3.56. The van der Waals surface area contributed by atoms with Crippen LogP contribution < -0.4 is 5.32 Å². The largest absolute Gasteiger partial charge is 0.317 e. The van der Waals surface area contributed by atoms with E-state index in [1.807, 2.05) is 12.1 Å². The topological polar surface area (TPSA) is 12.0 Å². The predicted octanol–water partition coefficient (Wildman–Crippen LogP) is 3.62. The van der Waals surface area contributed by atoms with Crippen LogP contribution in [0.3, 0.4) is 0 Å². The molecule has 0 atom stereocenters. The Morgan fingerprint density at radius 2 is 1.81 bits per heavy atom. The van der Waals surface area contributed by atoms with Gasteiger partial charge in [-0.2, -0.15) is 0 Å². The molecule has 0 spiro atoms. The fraction of sp³-hybridized carbons (Fsp3) is 0.571. The van der Waals surface area contributed by atoms with Crippen LogP contribution in [0.4, 0.5) is 0 Å². The van der Waals surface area contributed by atoms with Gasteiger partial charge in [-0.3, -0.25) is 0 Å². The zero-order chi connectivity index (χ0) is 11.6. The van der Waals surface area contributed by atoms with Crippen LogP contribution in [-0.2, 0) is 5.41 Å². The molecule has 2 heteroatoms. The number of piperidine rings is 1. The van der Waals surface area contributed by atoms with Gasteiger partial charge in [0.15, 0.2) is 0 Å². The molecule has 0 aromatic heterocycles. The van der Waals surface area contributed by atoms with Crippen molar-refractivity contribution in [1.82, 2.24) is 5.32 Å². The summed E-state index contributed by atoms with van der Waals surface area (Å²) in [5.74, 6) is 0.634. The van der Waals surface area contributed by atoms with Crippen LogP contribution in [0.25, 0.3) is 0 Å². The average molecular weight is 238 g/mol. The second-order valence-corrected chi connectivity index (χ2v) is 5.45. The van der Waals surface area contributed by atoms with Crippen LogP contribution in [0.2, 0.25) is 5.02 Å². The number of halogens is 1. The highest BCUT2D eigenvalue weighted by molar-refractivity contribution is 6.31. The van der Waals surface area contributed by atoms with Gasteiger partial charge in [-0.15, -0.1) is 0 Å². The maximum absolute atomic E-state index is 6.37. The fourth-order valence-electron chi connectivity index (χ4n) is 2.90. The first-order chi connectivity index (χ1) is 7.67. The molecule has 1 aromatic carbocycles. The lowest BCUT2D eigenvalue weighted by Crippen LogP contribution is -2.43. The fourth-order valence-corrected chi connectivity index (χ4v) is 3.22. The Morgan fingerprint density at radius 1 is 1.19 bits per heavy atom. The van der Waals surface area contributed by atoms with E-state index in [9.17, 15) is 0 Å². The summed E-state index contributed by atoms with van der Waals surface area (Å²) in [7, 11) is 0. The quantitative estimate of drug-likeness (QED) is 0.829. The molecule has 2 rings (SSSR count). The van der Waals surface area contributed by atoms with Crippen molar-refractivity contribution in [3.63, 3.8) is 0 Å². The molecule has 1 aliphatic rings. The van der Waals surface area contributed by atoms with Gasteiger partial charge in [-0.05, 0) is 43.5 Å². The second kappa shape index (κ2) is 4.77. The third kappa shape index (κ3) is 1.99. The van der Waals surface area contributed by atoms with E-state index in [4.69, 9.17) is 11.6 Å². The zero-order valence-electron chi connectivity index (χ0n) is 10.1. The molecule has 0 radical (unpaired) electrons. The molecule has 16 heavy (non-hydrogen) atoms. The maximum Gasteiger partial charge on any atom is 0.0443 e. The van der Waals surface area contributed by atoms with Gasteiger partial charge in [-0.1, -0.05) is 43.6 Å². The highest BCUT2D eigenvalue weighted by Crippen LogP contribution is 2.43. The van der Waals surface area contributed by atoms with Gasteiger partial charge in [0.2, 0.25) is 0 Å². The zero-order valence-corrected chi connectivity index (χ0v) is 10.8. The second-order valence-electron chi connectivity index (χ2n) is 5.04. The van der Waals surface area contributed by atoms with Crippen LogP contribution in [0.15, 0.2) is 24.3 Å². The van der Waals surface area contributed by atoms with Gasteiger partial charge >= 0.3 is 0 Å². The summed E-state index contributed by atoms with van der Waals surface area (Å²) in [6.45, 7) is 6.83. The van der Waals surface area contributed by atoms with E-state index in [-0.39, 0.29) is 5.41 Å². The third-order valence-electron chi connectivity index (χ3n) is 4.01. The van der Waals surface area contributed by atoms with Crippen molar-refractivity contribution in [2.75, 3.05) is 13.1 Å². The normalized spacial score (nSPS) is 20.0. The monoisotopic (exact) mass is 237 g/mol. The molecular formula is C14H20ClN. The number of nitrogens with one attached hydrogen (secondary N) is 1. The highest BCUT2D eigenvalue weighted by atomic mass is 35.5. The number of benzene rings is 1. The van der Waals surface area contributed by atoms with Crippen LogP contribution >= 0.6 is 11.6 Å². The molecule has 0 amide bonds. The van der Waals surface area contributed by atoms with Crippen molar-refractivity contribution < 1.29 is 0 Å². The average Bonchev–Trinajstić information content (AvgIpc) is 2.30. The van der Waals surface area contributed by atoms with E-state index in [2.05, 4.69) is 31.3 Å². The van der Waals surface area contributed by atoms with E-state index in [0.29, 0.717) is 5.92 Å². The lowest BCUT2D eigenvalue weighted by atomic mass is 9.66. The molecular weight excluding hydrogens is 218 g/mol. The summed E-state index contributed by atoms with van der Waals surface area (Å²) in [5.41, 5.74) is 1.61. The lowest BCUT2D eigenvalue weighted by Gasteiger charge is -2.42. The highest BCUT2D eigenvalue weighted by Gasteiger charge is 2.37. The minimum Gasteiger partial charge on any atom is -0.317 e. The lowest BCUT2D eigenvalue weighted by molar-refractivity contribution is 0.228. The first kappa shape index (κ1) is 11.9. The minimum atomic E-state index is 0.267. The predicted molar refractivity (Wildman–Crippen MR) is 70.1 cm³/mol. The molecule has 0 saturated carbocycles. The number of hydrogen-bond donors (Lipinski definition) is 1. The molecule has 1 saturated heterocycles. The molecule has 1 aliphatic heterocycles. The van der Waals surface area contributed by atoms with Crippen LogP contribution in [0, 0.1) is 5.92 Å². The van der Waals surface area contributed by atoms with Crippen molar-refractivity contribution in [3.05, 3.63) is 34.9 Å². The molecule has 0 unspecified atom stereocenters. The summed E-state index contributed by atoms with van der Waals surface area (Å²) >= 11 is 6.37. The molecule has 1 N–H and O–H groups in total. The van der Waals surface area contributed by atoms with Gasteiger partial charge in [0.05, 0.1) is 0 Å². The van der Waals surface area contributed by atoms with Crippen molar-refractivity contribution in [2.24, 2.45) is 5.92 Å². The van der Waals surface area contributed by atoms with E-state index in [1.54, 1.807) is 0 Å². The Balaban J connectivity index is 2.43. The molecule has 0 bridgehead atoms. The van der Waals surface area contributed by atoms with Crippen LogP contribution in [0.5, 0.6) is 0 Å². The van der Waals surface area contributed by atoms with Crippen LogP contribution in [0.1, 0.15) is 32.3 Å². The number of rotatable bonds is 2. The summed E-state index contributed by atoms with van der Waals surface area (Å²) < 4.78 is 0. The summed E-state index contributed by atoms with van der Waals surface area (Å²) in [4.78, 5) is 0. The molecule has 0 aliphatic carbocycles. The van der Waals surface area contributed by atoms with Gasteiger partial charge < -0.3 is 5.32 Å². The van der Waals surface area contributed by atoms with E-state index in [1.165, 1.54) is 18.4 Å². The van der Waals surface area contributed by atoms with Crippen molar-refractivity contribution in [3.8, 4) is 0 Å². The van der Waals surface area contributed by atoms with Gasteiger partial charge in [0.25, 0.3) is 0 Å². The number of hydrogen-bond acceptors (Lipinski definition) is 1. The van der Waals surface area contributed by atoms with Crippen LogP contribution in [-0.4, -0.2) is 13.1 Å². The standard InChI is InChI=1S/C14H20ClN/c1-11(2)14(7-9-16-10-8-14)12-5-3-4-6-13(12)15/h3-6,11,16H,7-10H2,1-2H3. The van der Waals surface area contributed by atoms with E-state index in [0.717, 1.165) is 18.1 Å². The van der Waals surface area contributed by atoms with E-state index >= 15 is 0 Å². The maximum atomic E-state index is 6.37. The summed E-state index contributed by atoms with van der Waals surface area (Å²) in [5, 5.41) is 4.37. The van der Waals surface area contributed by atoms with Gasteiger partial charge in [0, 0.05) is 10.4 Å². The van der Waals surface area contributed by atoms with E-state index < -0.39 is 0 Å². The third-order valence-corrected chi connectivity index (χ3v) is 4.34. The molecule has 1 fully saturated rings. The molecule has 1 heterocycles. The van der Waals surface area contributed by atoms with Gasteiger partial charge in [0.1, 0.15) is 0 Å². The Bertz CT molecular complexity index is 354. The first-order valence-corrected chi connectivity index (χ1v) is 6.50. The van der Waals surface area contributed by atoms with Crippen molar-refractivity contribution >= 4 is 11.6 Å². The Hall–Kier alpha value is -0.530. The molecule has 1 nitrogen and oxygen atoms in total. The first-order valence-electron chi connectivity index (χ1n) is 6.12. The molecule has 1 aromatic rings. The smallest absolute Gasteiger partial charge is 0.0443 e. The summed E-state index contributed by atoms with van der Waals surface area (Å²) in [6, 6.07) is 8.34. The van der Waals surface area contributed by atoms with Crippen molar-refractivity contribution in [2.45, 2.75) is 32.1 Å².